The molecule has 3 nitrogen and oxygen atoms in total. The van der Waals surface area contributed by atoms with E-state index in [4.69, 9.17) is 16.7 Å². The van der Waals surface area contributed by atoms with Crippen LogP contribution in [0.15, 0.2) is 24.3 Å². The Morgan fingerprint density at radius 2 is 2.31 bits per heavy atom. The van der Waals surface area contributed by atoms with Crippen molar-refractivity contribution in [1.29, 1.82) is 0 Å². The van der Waals surface area contributed by atoms with Crippen LogP contribution in [-0.4, -0.2) is 29.5 Å². The van der Waals surface area contributed by atoms with Gasteiger partial charge in [0.1, 0.15) is 11.2 Å². The van der Waals surface area contributed by atoms with Crippen LogP contribution >= 0.6 is 11.6 Å². The van der Waals surface area contributed by atoms with E-state index in [0.29, 0.717) is 12.2 Å². The summed E-state index contributed by atoms with van der Waals surface area (Å²) in [6.07, 6.45) is 0. The molecule has 0 radical (unpaired) electrons. The van der Waals surface area contributed by atoms with Crippen molar-refractivity contribution in [1.82, 2.24) is 0 Å². The molecule has 1 atom stereocenters. The molecule has 0 heterocycles. The summed E-state index contributed by atoms with van der Waals surface area (Å²) in [6, 6.07) is 6.00. The van der Waals surface area contributed by atoms with Gasteiger partial charge in [-0.05, 0) is 25.1 Å². The smallest absolute Gasteiger partial charge is 0.323 e. The topological polar surface area (TPSA) is 40.5 Å². The molecule has 0 saturated heterocycles. The number of nitrogens with zero attached hydrogens (tertiary/aromatic N) is 1. The van der Waals surface area contributed by atoms with Crippen molar-refractivity contribution in [3.63, 3.8) is 0 Å². The molecule has 0 bridgehead atoms. The second-order valence-corrected chi connectivity index (χ2v) is 3.85. The summed E-state index contributed by atoms with van der Waals surface area (Å²) in [5.74, 6) is -1.42. The molecular formula is C11H13ClFNO2. The summed E-state index contributed by atoms with van der Waals surface area (Å²) in [4.78, 5) is 12.3. The first-order valence-corrected chi connectivity index (χ1v) is 5.35. The quantitative estimate of drug-likeness (QED) is 0.810. The lowest BCUT2D eigenvalue weighted by Gasteiger charge is -2.24. The molecule has 0 aliphatic heterocycles. The van der Waals surface area contributed by atoms with E-state index in [1.165, 1.54) is 12.1 Å². The molecular weight excluding hydrogens is 233 g/mol. The maximum absolute atomic E-state index is 13.0. The average Bonchev–Trinajstić information content (AvgIpc) is 2.25. The largest absolute Gasteiger partial charge is 0.480 e. The van der Waals surface area contributed by atoms with Crippen LogP contribution in [0.3, 0.4) is 0 Å². The number of aliphatic carboxylic acids is 1. The van der Waals surface area contributed by atoms with Gasteiger partial charge in [0, 0.05) is 18.8 Å². The zero-order valence-electron chi connectivity index (χ0n) is 8.86. The van der Waals surface area contributed by atoms with Crippen LogP contribution in [0.1, 0.15) is 6.92 Å². The van der Waals surface area contributed by atoms with E-state index in [1.54, 1.807) is 17.0 Å². The van der Waals surface area contributed by atoms with Gasteiger partial charge < -0.3 is 10.0 Å². The zero-order valence-corrected chi connectivity index (χ0v) is 9.62. The molecule has 1 aromatic rings. The van der Waals surface area contributed by atoms with Crippen molar-refractivity contribution in [3.05, 3.63) is 30.1 Å². The highest BCUT2D eigenvalue weighted by atomic mass is 35.5. The number of rotatable bonds is 5. The molecule has 1 N–H and O–H groups in total. The average molecular weight is 246 g/mol. The summed E-state index contributed by atoms with van der Waals surface area (Å²) in [5.41, 5.74) is 0.634. The van der Waals surface area contributed by atoms with Crippen LogP contribution in [0.5, 0.6) is 0 Å². The predicted molar refractivity (Wildman–Crippen MR) is 61.6 cm³/mol. The zero-order chi connectivity index (χ0) is 12.1. The van der Waals surface area contributed by atoms with Gasteiger partial charge in [0.15, 0.2) is 0 Å². The molecule has 0 spiro atoms. The van der Waals surface area contributed by atoms with Crippen molar-refractivity contribution >= 4 is 23.3 Å². The number of hydrogen-bond donors (Lipinski definition) is 1. The highest BCUT2D eigenvalue weighted by molar-refractivity contribution is 6.30. The molecule has 1 aromatic carbocycles. The van der Waals surface area contributed by atoms with Gasteiger partial charge >= 0.3 is 5.97 Å². The van der Waals surface area contributed by atoms with Crippen molar-refractivity contribution in [2.45, 2.75) is 12.3 Å². The van der Waals surface area contributed by atoms with Gasteiger partial charge in [-0.2, -0.15) is 0 Å². The third-order valence-electron chi connectivity index (χ3n) is 2.20. The van der Waals surface area contributed by atoms with Crippen LogP contribution < -0.4 is 4.90 Å². The lowest BCUT2D eigenvalue weighted by atomic mass is 10.2. The van der Waals surface area contributed by atoms with Gasteiger partial charge in [0.25, 0.3) is 0 Å². The van der Waals surface area contributed by atoms with Gasteiger partial charge in [0.2, 0.25) is 0 Å². The Hall–Kier alpha value is -1.29. The fraction of sp³-hybridized carbons (Fsp3) is 0.364. The molecule has 0 amide bonds. The molecule has 16 heavy (non-hydrogen) atoms. The van der Waals surface area contributed by atoms with E-state index in [9.17, 15) is 9.18 Å². The molecule has 0 aliphatic carbocycles. The Kier molecular flexibility index (Phi) is 4.55. The molecule has 88 valence electrons. The minimum atomic E-state index is -1.07. The fourth-order valence-electron chi connectivity index (χ4n) is 1.36. The monoisotopic (exact) mass is 245 g/mol. The minimum Gasteiger partial charge on any atom is -0.480 e. The van der Waals surface area contributed by atoms with Crippen LogP contribution in [0.2, 0.25) is 0 Å². The predicted octanol–water partition coefficient (Wildman–Crippen LogP) is 2.34. The summed E-state index contributed by atoms with van der Waals surface area (Å²) in [7, 11) is 0. The number of benzene rings is 1. The van der Waals surface area contributed by atoms with Crippen LogP contribution in [0.4, 0.5) is 10.1 Å². The van der Waals surface area contributed by atoms with Gasteiger partial charge in [-0.25, -0.2) is 4.39 Å². The number of anilines is 1. The Morgan fingerprint density at radius 1 is 1.62 bits per heavy atom. The molecule has 0 saturated carbocycles. The number of hydrogen-bond acceptors (Lipinski definition) is 2. The number of alkyl halides is 1. The minimum absolute atomic E-state index is 0.150. The maximum atomic E-state index is 13.0. The van der Waals surface area contributed by atoms with E-state index in [-0.39, 0.29) is 12.4 Å². The van der Waals surface area contributed by atoms with Crippen molar-refractivity contribution in [2.24, 2.45) is 0 Å². The Labute approximate surface area is 98.4 Å². The van der Waals surface area contributed by atoms with Crippen LogP contribution in [0, 0.1) is 5.82 Å². The number of carboxylic acid groups (broad SMARTS) is 1. The number of halogens is 2. The molecule has 5 heteroatoms. The van der Waals surface area contributed by atoms with Crippen molar-refractivity contribution in [2.75, 3.05) is 18.0 Å². The van der Waals surface area contributed by atoms with E-state index in [0.717, 1.165) is 0 Å². The Balaban J connectivity index is 2.78. The van der Waals surface area contributed by atoms with Crippen molar-refractivity contribution in [3.8, 4) is 0 Å². The summed E-state index contributed by atoms with van der Waals surface area (Å²) < 4.78 is 13.0. The molecule has 0 aromatic heterocycles. The third kappa shape index (κ3) is 3.38. The second kappa shape index (κ2) is 5.70. The summed E-state index contributed by atoms with van der Waals surface area (Å²) in [6.45, 7) is 2.58. The second-order valence-electron chi connectivity index (χ2n) is 3.32. The van der Waals surface area contributed by atoms with Gasteiger partial charge in [-0.15, -0.1) is 11.6 Å². The highest BCUT2D eigenvalue weighted by Crippen LogP contribution is 2.16. The summed E-state index contributed by atoms with van der Waals surface area (Å²) in [5, 5.41) is 7.70. The first-order valence-electron chi connectivity index (χ1n) is 4.92. The first-order chi connectivity index (χ1) is 7.54. The molecule has 1 unspecified atom stereocenters. The van der Waals surface area contributed by atoms with E-state index < -0.39 is 11.3 Å². The van der Waals surface area contributed by atoms with Crippen molar-refractivity contribution < 1.29 is 14.3 Å². The number of carboxylic acids is 1. The lowest BCUT2D eigenvalue weighted by Crippen LogP contribution is -2.33. The third-order valence-corrected chi connectivity index (χ3v) is 2.53. The fourth-order valence-corrected chi connectivity index (χ4v) is 1.53. The van der Waals surface area contributed by atoms with Gasteiger partial charge in [-0.3, -0.25) is 4.79 Å². The normalized spacial score (nSPS) is 12.2. The van der Waals surface area contributed by atoms with Gasteiger partial charge in [0.05, 0.1) is 0 Å². The number of carbonyl (C=O) groups is 1. The lowest BCUT2D eigenvalue weighted by molar-refractivity contribution is -0.136. The Morgan fingerprint density at radius 3 is 2.81 bits per heavy atom. The van der Waals surface area contributed by atoms with Crippen LogP contribution in [-0.2, 0) is 4.79 Å². The maximum Gasteiger partial charge on any atom is 0.323 e. The molecule has 0 aliphatic rings. The first kappa shape index (κ1) is 12.8. The van der Waals surface area contributed by atoms with E-state index in [2.05, 4.69) is 0 Å². The Bertz CT molecular complexity index is 373. The van der Waals surface area contributed by atoms with Gasteiger partial charge in [-0.1, -0.05) is 6.07 Å². The van der Waals surface area contributed by atoms with E-state index in [1.807, 2.05) is 6.92 Å². The molecule has 1 rings (SSSR count). The standard InChI is InChI=1S/C11H13ClFNO2/c1-2-14(7-10(12)11(15)16)9-5-3-4-8(13)6-9/h3-6,10H,2,7H2,1H3,(H,15,16). The summed E-state index contributed by atoms with van der Waals surface area (Å²) >= 11 is 5.64. The van der Waals surface area contributed by atoms with E-state index >= 15 is 0 Å². The SMILES string of the molecule is CCN(CC(Cl)C(=O)O)c1cccc(F)c1. The molecule has 0 fully saturated rings. The van der Waals surface area contributed by atoms with Crippen LogP contribution in [0.25, 0.3) is 0 Å². The highest BCUT2D eigenvalue weighted by Gasteiger charge is 2.17.